The quantitative estimate of drug-likeness (QED) is 0.468. The Morgan fingerprint density at radius 3 is 2.63 bits per heavy atom. The molecule has 0 aromatic carbocycles. The summed E-state index contributed by atoms with van der Waals surface area (Å²) in [6.45, 7) is 3.59. The van der Waals surface area contributed by atoms with Gasteiger partial charge in [0.1, 0.15) is 11.7 Å². The third-order valence-corrected chi connectivity index (χ3v) is 3.44. The molecule has 1 unspecified atom stereocenters. The summed E-state index contributed by atoms with van der Waals surface area (Å²) in [7, 11) is 1.56. The first-order valence-corrected chi connectivity index (χ1v) is 6.57. The Labute approximate surface area is 115 Å². The zero-order valence-corrected chi connectivity index (χ0v) is 11.4. The molecule has 0 radical (unpaired) electrons. The van der Waals surface area contributed by atoms with Crippen LogP contribution in [0.25, 0.3) is 0 Å². The van der Waals surface area contributed by atoms with Crippen LogP contribution in [0.15, 0.2) is 42.4 Å². The predicted octanol–water partition coefficient (Wildman–Crippen LogP) is 3.25. The lowest BCUT2D eigenvalue weighted by Gasteiger charge is -2.34. The van der Waals surface area contributed by atoms with Gasteiger partial charge in [-0.15, -0.1) is 5.73 Å². The second-order valence-electron chi connectivity index (χ2n) is 4.76. The molecule has 0 saturated heterocycles. The van der Waals surface area contributed by atoms with Crippen molar-refractivity contribution in [1.29, 1.82) is 5.26 Å². The molecule has 19 heavy (non-hydrogen) atoms. The van der Waals surface area contributed by atoms with E-state index in [1.165, 1.54) is 0 Å². The maximum Gasteiger partial charge on any atom is 0.126 e. The molecule has 1 atom stereocenters. The molecule has 0 amide bonds. The molecule has 0 heterocycles. The average Bonchev–Trinajstić information content (AvgIpc) is 2.43. The molecule has 1 aliphatic carbocycles. The van der Waals surface area contributed by atoms with Crippen LogP contribution < -0.4 is 0 Å². The van der Waals surface area contributed by atoms with Crippen LogP contribution in [0.2, 0.25) is 0 Å². The standard InChI is InChI=1S/C16H21NO2/c1-3-8-15(19-2)10-7-9-14(13-17)16(18)11-5-4-6-12-16/h3,8-10,14,18H,1,4-6,11-12H2,2H3/b15-8+. The van der Waals surface area contributed by atoms with Gasteiger partial charge in [0.05, 0.1) is 18.8 Å². The first kappa shape index (κ1) is 15.3. The van der Waals surface area contributed by atoms with E-state index in [4.69, 9.17) is 4.74 Å². The van der Waals surface area contributed by atoms with E-state index in [1.54, 1.807) is 31.4 Å². The summed E-state index contributed by atoms with van der Waals surface area (Å²) in [6, 6.07) is 2.17. The Hall–Kier alpha value is -1.75. The van der Waals surface area contributed by atoms with Crippen molar-refractivity contribution in [2.24, 2.45) is 5.92 Å². The fourth-order valence-corrected chi connectivity index (χ4v) is 2.31. The van der Waals surface area contributed by atoms with Gasteiger partial charge in [0, 0.05) is 6.08 Å². The van der Waals surface area contributed by atoms with Crippen LogP contribution in [-0.4, -0.2) is 17.8 Å². The monoisotopic (exact) mass is 259 g/mol. The van der Waals surface area contributed by atoms with Crippen LogP contribution in [0.1, 0.15) is 32.1 Å². The third-order valence-electron chi connectivity index (χ3n) is 3.44. The zero-order chi connectivity index (χ0) is 14.1. The summed E-state index contributed by atoms with van der Waals surface area (Å²) < 4.78 is 5.08. The smallest absolute Gasteiger partial charge is 0.126 e. The number of hydrogen-bond acceptors (Lipinski definition) is 3. The van der Waals surface area contributed by atoms with Crippen molar-refractivity contribution in [1.82, 2.24) is 0 Å². The number of rotatable bonds is 5. The topological polar surface area (TPSA) is 53.2 Å². The Morgan fingerprint density at radius 1 is 1.42 bits per heavy atom. The molecule has 3 heteroatoms. The molecule has 1 fully saturated rings. The van der Waals surface area contributed by atoms with Gasteiger partial charge in [-0.05, 0) is 25.0 Å². The van der Waals surface area contributed by atoms with Crippen molar-refractivity contribution >= 4 is 0 Å². The SMILES string of the molecule is C=C/C=C(\C=C=CC(C#N)C1(O)CCCCC1)OC. The third kappa shape index (κ3) is 4.44. The van der Waals surface area contributed by atoms with E-state index < -0.39 is 11.5 Å². The molecule has 102 valence electrons. The van der Waals surface area contributed by atoms with Crippen LogP contribution >= 0.6 is 0 Å². The van der Waals surface area contributed by atoms with Gasteiger partial charge >= 0.3 is 0 Å². The number of nitrogens with zero attached hydrogens (tertiary/aromatic N) is 1. The Morgan fingerprint density at radius 2 is 2.11 bits per heavy atom. The molecule has 1 aliphatic rings. The van der Waals surface area contributed by atoms with Crippen LogP contribution in [0.4, 0.5) is 0 Å². The number of aliphatic hydroxyl groups is 1. The summed E-state index contributed by atoms with van der Waals surface area (Å²) in [6.07, 6.45) is 11.0. The number of ether oxygens (including phenoxy) is 1. The summed E-state index contributed by atoms with van der Waals surface area (Å²) in [5.41, 5.74) is 2.02. The first-order valence-electron chi connectivity index (χ1n) is 6.57. The number of nitriles is 1. The largest absolute Gasteiger partial charge is 0.496 e. The van der Waals surface area contributed by atoms with Crippen LogP contribution in [-0.2, 0) is 4.74 Å². The minimum atomic E-state index is -0.900. The highest BCUT2D eigenvalue weighted by Gasteiger charge is 2.36. The van der Waals surface area contributed by atoms with Gasteiger partial charge in [0.2, 0.25) is 0 Å². The van der Waals surface area contributed by atoms with E-state index in [2.05, 4.69) is 18.4 Å². The van der Waals surface area contributed by atoms with Gasteiger partial charge in [-0.2, -0.15) is 5.26 Å². The second kappa shape index (κ2) is 7.63. The molecule has 1 N–H and O–H groups in total. The molecule has 0 aliphatic heterocycles. The molecular weight excluding hydrogens is 238 g/mol. The van der Waals surface area contributed by atoms with Gasteiger partial charge in [-0.3, -0.25) is 0 Å². The highest BCUT2D eigenvalue weighted by molar-refractivity contribution is 5.19. The molecule has 3 nitrogen and oxygen atoms in total. The Bertz CT molecular complexity index is 430. The molecule has 0 bridgehead atoms. The van der Waals surface area contributed by atoms with E-state index in [-0.39, 0.29) is 0 Å². The van der Waals surface area contributed by atoms with Crippen LogP contribution in [0.3, 0.4) is 0 Å². The van der Waals surface area contributed by atoms with Crippen molar-refractivity contribution in [3.63, 3.8) is 0 Å². The predicted molar refractivity (Wildman–Crippen MR) is 75.1 cm³/mol. The van der Waals surface area contributed by atoms with E-state index in [0.29, 0.717) is 18.6 Å². The van der Waals surface area contributed by atoms with Crippen LogP contribution in [0.5, 0.6) is 0 Å². The van der Waals surface area contributed by atoms with E-state index in [9.17, 15) is 10.4 Å². The molecule has 1 saturated carbocycles. The van der Waals surface area contributed by atoms with Crippen molar-refractivity contribution < 1.29 is 9.84 Å². The summed E-state index contributed by atoms with van der Waals surface area (Å²) in [5.74, 6) is 0.0875. The average molecular weight is 259 g/mol. The maximum atomic E-state index is 10.5. The lowest BCUT2D eigenvalue weighted by atomic mass is 9.76. The van der Waals surface area contributed by atoms with Crippen molar-refractivity contribution in [2.45, 2.75) is 37.7 Å². The van der Waals surface area contributed by atoms with E-state index >= 15 is 0 Å². The molecule has 0 aromatic rings. The van der Waals surface area contributed by atoms with E-state index in [0.717, 1.165) is 19.3 Å². The minimum absolute atomic E-state index is 0.522. The summed E-state index contributed by atoms with van der Waals surface area (Å²) in [5, 5.41) is 19.7. The number of hydrogen-bond donors (Lipinski definition) is 1. The molecular formula is C16H21NO2. The highest BCUT2D eigenvalue weighted by atomic mass is 16.5. The first-order chi connectivity index (χ1) is 9.16. The lowest BCUT2D eigenvalue weighted by Crippen LogP contribution is -2.38. The zero-order valence-electron chi connectivity index (χ0n) is 11.4. The van der Waals surface area contributed by atoms with Gasteiger partial charge in [0.15, 0.2) is 0 Å². The summed E-state index contributed by atoms with van der Waals surface area (Å²) >= 11 is 0. The highest BCUT2D eigenvalue weighted by Crippen LogP contribution is 2.34. The van der Waals surface area contributed by atoms with Gasteiger partial charge < -0.3 is 9.84 Å². The second-order valence-corrected chi connectivity index (χ2v) is 4.76. The van der Waals surface area contributed by atoms with Gasteiger partial charge in [-0.25, -0.2) is 0 Å². The number of methoxy groups -OCH3 is 1. The maximum absolute atomic E-state index is 10.5. The summed E-state index contributed by atoms with van der Waals surface area (Å²) in [4.78, 5) is 0. The number of allylic oxidation sites excluding steroid dienone is 3. The Balaban J connectivity index is 2.82. The molecule has 0 aromatic heterocycles. The lowest BCUT2D eigenvalue weighted by molar-refractivity contribution is -0.0164. The fraction of sp³-hybridized carbons (Fsp3) is 0.500. The van der Waals surface area contributed by atoms with E-state index in [1.807, 2.05) is 0 Å². The van der Waals surface area contributed by atoms with Crippen molar-refractivity contribution in [3.8, 4) is 6.07 Å². The molecule has 0 spiro atoms. The van der Waals surface area contributed by atoms with Gasteiger partial charge in [0.25, 0.3) is 0 Å². The van der Waals surface area contributed by atoms with Crippen LogP contribution in [0, 0.1) is 17.2 Å². The van der Waals surface area contributed by atoms with Gasteiger partial charge in [-0.1, -0.05) is 31.9 Å². The Kier molecular flexibility index (Phi) is 6.15. The van der Waals surface area contributed by atoms with Crippen molar-refractivity contribution in [3.05, 3.63) is 42.4 Å². The molecule has 1 rings (SSSR count). The fourth-order valence-electron chi connectivity index (χ4n) is 2.31. The minimum Gasteiger partial charge on any atom is -0.496 e. The normalized spacial score (nSPS) is 19.5. The van der Waals surface area contributed by atoms with Crippen molar-refractivity contribution in [2.75, 3.05) is 7.11 Å².